The fourth-order valence-corrected chi connectivity index (χ4v) is 8.25. The number of methoxy groups -OCH3 is 1. The number of hydrogen-bond acceptors (Lipinski definition) is 29. The van der Waals surface area contributed by atoms with E-state index in [-0.39, 0.29) is 114 Å². The molecule has 10 amide bonds. The first kappa shape index (κ1) is 104. The molecule has 1 unspecified atom stereocenters. The van der Waals surface area contributed by atoms with Crippen molar-refractivity contribution in [3.63, 3.8) is 0 Å². The fraction of sp³-hybridized carbons (Fsp3) is 0.547. The third-order valence-electron chi connectivity index (χ3n) is 10.4. The van der Waals surface area contributed by atoms with E-state index in [4.69, 9.17) is 0 Å². The van der Waals surface area contributed by atoms with Gasteiger partial charge in [-0.1, -0.05) is 132 Å². The number of nitrogens with zero attached hydrogens (tertiary/aromatic N) is 6. The van der Waals surface area contributed by atoms with Crippen LogP contribution in [0.25, 0.3) is 0 Å². The highest BCUT2D eigenvalue weighted by Crippen LogP contribution is 2.27. The average molecular weight is 1480 g/mol. The second kappa shape index (κ2) is 61.5. The third-order valence-corrected chi connectivity index (χ3v) is 14.3. The molecule has 0 radical (unpaired) electrons. The quantitative estimate of drug-likeness (QED) is 0.0734. The van der Waals surface area contributed by atoms with Crippen LogP contribution in [0.3, 0.4) is 0 Å². The molecule has 6 heterocycles. The molecule has 0 N–H and O–H groups in total. The van der Waals surface area contributed by atoms with Gasteiger partial charge in [0.2, 0.25) is 11.8 Å². The molecule has 1 atom stereocenters. The summed E-state index contributed by atoms with van der Waals surface area (Å²) in [6.07, 6.45) is 11.2. The number of esters is 1. The van der Waals surface area contributed by atoms with Gasteiger partial charge in [0.05, 0.1) is 13.0 Å². The summed E-state index contributed by atoms with van der Waals surface area (Å²) in [7, 11) is 9.59. The molecular formula is C64H100N6O23S5. The normalized spacial score (nSPS) is 13.7. The topological polar surface area (TPSA) is 382 Å². The SMILES string of the molecule is C.C.C.CC.CC(=O)ON1C(=O)CCC1=O.CC(C)=O.CC(C)C(=O)ON1C(=O)CCC1=O.CCC(=O)ON1C(=O)CCC1=O.CCCC(C)=O.CN1C(=O)CCC1=O.COC(=O)C(C)C(=O)ON1C(=O)CCC1=O.CSC(C)=O.CSSc1ccccc1.CSSc1ccccn1. The van der Waals surface area contributed by atoms with E-state index in [1.807, 2.05) is 51.3 Å². The van der Waals surface area contributed by atoms with E-state index in [1.54, 1.807) is 90.2 Å². The lowest BCUT2D eigenvalue weighted by molar-refractivity contribution is -0.201. The van der Waals surface area contributed by atoms with Crippen LogP contribution in [-0.2, 0) is 110 Å². The predicted molar refractivity (Wildman–Crippen MR) is 375 cm³/mol. The van der Waals surface area contributed by atoms with E-state index in [0.29, 0.717) is 33.1 Å². The number of hydroxylamine groups is 8. The van der Waals surface area contributed by atoms with E-state index in [2.05, 4.69) is 59.6 Å². The molecule has 0 bridgehead atoms. The highest BCUT2D eigenvalue weighted by Gasteiger charge is 2.37. The summed E-state index contributed by atoms with van der Waals surface area (Å²) in [6.45, 7) is 19.5. The zero-order chi connectivity index (χ0) is 73.9. The Bertz CT molecular complexity index is 2740. The van der Waals surface area contributed by atoms with Crippen molar-refractivity contribution in [2.75, 3.05) is 32.9 Å². The van der Waals surface area contributed by atoms with E-state index in [9.17, 15) is 86.3 Å². The Hall–Kier alpha value is -7.82. The largest absolute Gasteiger partial charge is 0.468 e. The minimum absolute atomic E-state index is 0. The molecule has 34 heteroatoms. The van der Waals surface area contributed by atoms with Crippen molar-refractivity contribution >= 4 is 161 Å². The van der Waals surface area contributed by atoms with E-state index in [1.165, 1.54) is 49.4 Å². The number of amides is 10. The van der Waals surface area contributed by atoms with Gasteiger partial charge in [0.15, 0.2) is 11.0 Å². The molecule has 5 aliphatic rings. The number of carbonyl (C=O) groups is 18. The van der Waals surface area contributed by atoms with E-state index >= 15 is 0 Å². The van der Waals surface area contributed by atoms with Crippen LogP contribution in [0.2, 0.25) is 0 Å². The van der Waals surface area contributed by atoms with Crippen LogP contribution in [0.4, 0.5) is 0 Å². The lowest BCUT2D eigenvalue weighted by atomic mass is 10.2. The van der Waals surface area contributed by atoms with Crippen LogP contribution < -0.4 is 0 Å². The first-order valence-electron chi connectivity index (χ1n) is 29.1. The van der Waals surface area contributed by atoms with Crippen LogP contribution in [0.15, 0.2) is 64.6 Å². The number of ether oxygens (including phenoxy) is 1. The molecule has 5 saturated heterocycles. The van der Waals surface area contributed by atoms with Gasteiger partial charge in [-0.3, -0.25) is 62.4 Å². The highest BCUT2D eigenvalue weighted by molar-refractivity contribution is 8.76. The van der Waals surface area contributed by atoms with Crippen LogP contribution >= 0.6 is 54.9 Å². The van der Waals surface area contributed by atoms with E-state index in [0.717, 1.165) is 31.9 Å². The molecule has 554 valence electrons. The van der Waals surface area contributed by atoms with Crippen molar-refractivity contribution in [1.82, 2.24) is 30.1 Å². The summed E-state index contributed by atoms with van der Waals surface area (Å²) in [5, 5.41) is 3.26. The smallest absolute Gasteiger partial charge is 0.347 e. The fourth-order valence-electron chi connectivity index (χ4n) is 5.66. The number of thioether (sulfide) groups is 1. The van der Waals surface area contributed by atoms with Crippen molar-refractivity contribution in [3.05, 3.63) is 54.7 Å². The second-order valence-corrected chi connectivity index (χ2v) is 24.7. The molecule has 0 saturated carbocycles. The van der Waals surface area contributed by atoms with Gasteiger partial charge in [-0.15, -0.1) is 20.3 Å². The van der Waals surface area contributed by atoms with Crippen LogP contribution in [0.5, 0.6) is 0 Å². The molecule has 5 aliphatic heterocycles. The Kier molecular flexibility index (Phi) is 65.1. The Morgan fingerprint density at radius 3 is 1.08 bits per heavy atom. The van der Waals surface area contributed by atoms with Gasteiger partial charge in [-0.05, 0) is 87.9 Å². The Morgan fingerprint density at radius 2 is 0.827 bits per heavy atom. The monoisotopic (exact) mass is 1480 g/mol. The summed E-state index contributed by atoms with van der Waals surface area (Å²) >= 11 is 1.24. The number of imide groups is 5. The lowest BCUT2D eigenvalue weighted by Gasteiger charge is -2.14. The minimum atomic E-state index is -1.17. The summed E-state index contributed by atoms with van der Waals surface area (Å²) < 4.78 is 4.32. The lowest BCUT2D eigenvalue weighted by Crippen LogP contribution is -2.36. The van der Waals surface area contributed by atoms with Crippen LogP contribution in [-0.4, -0.2) is 169 Å². The van der Waals surface area contributed by atoms with Crippen molar-refractivity contribution in [2.45, 2.75) is 199 Å². The first-order chi connectivity index (χ1) is 44.6. The predicted octanol–water partition coefficient (Wildman–Crippen LogP) is 10.3. The van der Waals surface area contributed by atoms with Crippen molar-refractivity contribution in [3.8, 4) is 0 Å². The number of aromatic nitrogens is 1. The number of hydrogen-bond donors (Lipinski definition) is 0. The van der Waals surface area contributed by atoms with Crippen molar-refractivity contribution in [2.24, 2.45) is 11.8 Å². The van der Waals surface area contributed by atoms with Gasteiger partial charge >= 0.3 is 29.8 Å². The van der Waals surface area contributed by atoms with Gasteiger partial charge in [0, 0.05) is 109 Å². The first-order valence-corrected chi connectivity index (χ1v) is 35.5. The number of ketones is 2. The molecule has 0 spiro atoms. The van der Waals surface area contributed by atoms with Crippen molar-refractivity contribution < 1.29 is 110 Å². The number of likely N-dealkylation sites (tertiary alicyclic amines) is 1. The van der Waals surface area contributed by atoms with E-state index < -0.39 is 83.0 Å². The highest BCUT2D eigenvalue weighted by atomic mass is 33.1. The van der Waals surface area contributed by atoms with Crippen molar-refractivity contribution in [1.29, 1.82) is 0 Å². The number of pyridine rings is 1. The molecule has 5 fully saturated rings. The summed E-state index contributed by atoms with van der Waals surface area (Å²) in [4.78, 5) is 216. The Morgan fingerprint density at radius 1 is 0.490 bits per heavy atom. The minimum Gasteiger partial charge on any atom is -0.468 e. The number of benzene rings is 1. The zero-order valence-corrected chi connectivity index (χ0v) is 60.7. The summed E-state index contributed by atoms with van der Waals surface area (Å²) in [5.74, 6) is -8.62. The van der Waals surface area contributed by atoms with Gasteiger partial charge in [-0.2, -0.15) is 0 Å². The maximum atomic E-state index is 11.3. The van der Waals surface area contributed by atoms with Gasteiger partial charge in [0.25, 0.3) is 47.3 Å². The van der Waals surface area contributed by atoms with Gasteiger partial charge in [0.1, 0.15) is 16.6 Å². The Labute approximate surface area is 596 Å². The molecule has 1 aromatic carbocycles. The average Bonchev–Trinajstić information content (AvgIpc) is 1.74. The summed E-state index contributed by atoms with van der Waals surface area (Å²) in [6, 6.07) is 16.3. The van der Waals surface area contributed by atoms with Gasteiger partial charge in [-0.25, -0.2) is 24.2 Å². The molecule has 1 aromatic heterocycles. The molecule has 7 rings (SSSR count). The third kappa shape index (κ3) is 49.7. The Balaban J connectivity index is -0.000000190. The summed E-state index contributed by atoms with van der Waals surface area (Å²) in [5.41, 5.74) is 0. The van der Waals surface area contributed by atoms with Gasteiger partial charge < -0.3 is 33.7 Å². The number of carbonyl (C=O) groups excluding carboxylic acids is 18. The molecule has 0 aliphatic carbocycles. The maximum Gasteiger partial charge on any atom is 0.347 e. The molecule has 2 aromatic rings. The number of Topliss-reactive ketones (excluding diaryl/α,β-unsaturated/α-hetero) is 2. The molecule has 29 nitrogen and oxygen atoms in total. The maximum absolute atomic E-state index is 11.3. The molecule has 98 heavy (non-hydrogen) atoms. The second-order valence-electron chi connectivity index (χ2n) is 18.8. The van der Waals surface area contributed by atoms with Crippen LogP contribution in [0, 0.1) is 11.8 Å². The zero-order valence-electron chi connectivity index (χ0n) is 56.7. The van der Waals surface area contributed by atoms with Crippen LogP contribution in [0.1, 0.15) is 189 Å². The standard InChI is InChI=1S/C9H11NO6.C8H11NO4.C7H9NO4.C7H8S2.C6H7NO4.C6H7NS2.C5H7NO2.C5H10O.C3H6OS.C3H6O.C2H6.3CH4/c1-5(8(13)15-2)9(14)16-10-6(11)3-4-7(10)12;1-5(2)8(12)13-9-6(10)3-4-7(9)11;1-2-7(11)12-8-5(9)3-4-6(8)10;1-8-9-7-5-3-2-4-6-7;1-4(8)11-7-5(9)2-3-6(7)10;1-8-9-6-4-2-3-5-7-6;1-6-4(7)2-3-5(6)8;1-3-4-5(2)6;1-3(4)5-2;1-3(2)4;1-2;;;/h5H,3-4H2,1-2H3;5H,3-4H2,1-2H3;2-4H2,1H3;2-6H,1H3;2-3H2,1H3;2-5H,1H3;2-3H2,1H3;3-4H2,1-2H3;1-2H3;1-2H3;1-2H3;3*1H4. The molecular weight excluding hydrogens is 1380 g/mol. The number of rotatable bonds is 14.